The molecule has 0 radical (unpaired) electrons. The van der Waals surface area contributed by atoms with Crippen LogP contribution in [-0.2, 0) is 20.6 Å². The third kappa shape index (κ3) is 12.1. The summed E-state index contributed by atoms with van der Waals surface area (Å²) in [4.78, 5) is 12.1. The number of alkyl carbamates (subject to hydrolysis) is 1. The Kier molecular flexibility index (Phi) is 9.33. The molecule has 0 aliphatic rings. The van der Waals surface area contributed by atoms with Crippen LogP contribution in [0.4, 0.5) is 4.79 Å². The van der Waals surface area contributed by atoms with Crippen LogP contribution in [0.1, 0.15) is 26.3 Å². The molecule has 1 amide bonds. The summed E-state index contributed by atoms with van der Waals surface area (Å²) in [7, 11) is -1.09. The molecule has 1 atom stereocenters. The lowest BCUT2D eigenvalue weighted by Gasteiger charge is -2.24. The number of nitrogens with one attached hydrogen (secondary N) is 1. The fraction of sp³-hybridized carbons (Fsp3) is 0.650. The molecule has 0 saturated carbocycles. The highest BCUT2D eigenvalue weighted by Crippen LogP contribution is 2.09. The molecular weight excluding hydrogens is 346 g/mol. The van der Waals surface area contributed by atoms with Crippen molar-refractivity contribution < 1.29 is 19.0 Å². The van der Waals surface area contributed by atoms with Gasteiger partial charge in [0, 0.05) is 14.7 Å². The number of amides is 1. The van der Waals surface area contributed by atoms with Gasteiger partial charge in [-0.2, -0.15) is 0 Å². The van der Waals surface area contributed by atoms with E-state index in [1.165, 1.54) is 0 Å². The summed E-state index contributed by atoms with van der Waals surface area (Å²) in [6.45, 7) is 13.8. The molecule has 1 aromatic rings. The van der Waals surface area contributed by atoms with E-state index in [2.05, 4.69) is 25.0 Å². The summed E-state index contributed by atoms with van der Waals surface area (Å²) < 4.78 is 16.6. The van der Waals surface area contributed by atoms with Crippen LogP contribution in [0.15, 0.2) is 30.3 Å². The van der Waals surface area contributed by atoms with Crippen molar-refractivity contribution in [3.63, 3.8) is 0 Å². The zero-order valence-electron chi connectivity index (χ0n) is 17.1. The number of hydrogen-bond donors (Lipinski definition) is 1. The number of carbonyl (C=O) groups excluding carboxylic acids is 1. The van der Waals surface area contributed by atoms with Gasteiger partial charge >= 0.3 is 6.09 Å². The molecule has 6 heteroatoms. The van der Waals surface area contributed by atoms with E-state index in [4.69, 9.17) is 14.2 Å². The van der Waals surface area contributed by atoms with E-state index in [1.807, 2.05) is 51.1 Å². The molecule has 0 aliphatic heterocycles. The zero-order chi connectivity index (χ0) is 19.6. The minimum atomic E-state index is -1.09. The van der Waals surface area contributed by atoms with Crippen LogP contribution >= 0.6 is 0 Å². The van der Waals surface area contributed by atoms with Gasteiger partial charge in [0.1, 0.15) is 12.4 Å². The lowest BCUT2D eigenvalue weighted by atomic mass is 10.1. The van der Waals surface area contributed by atoms with Crippen LogP contribution in [0.5, 0.6) is 0 Å². The summed E-state index contributed by atoms with van der Waals surface area (Å²) >= 11 is 0. The second-order valence-electron chi connectivity index (χ2n) is 8.74. The Balaban J connectivity index is 2.46. The van der Waals surface area contributed by atoms with E-state index in [-0.39, 0.29) is 12.8 Å². The van der Waals surface area contributed by atoms with Gasteiger partial charge in [-0.15, -0.1) is 0 Å². The highest BCUT2D eigenvalue weighted by molar-refractivity contribution is 6.76. The predicted octanol–water partition coefficient (Wildman–Crippen LogP) is 4.45. The fourth-order valence-electron chi connectivity index (χ4n) is 2.21. The van der Waals surface area contributed by atoms with Crippen molar-refractivity contribution in [2.24, 2.45) is 0 Å². The minimum absolute atomic E-state index is 0.173. The first-order chi connectivity index (χ1) is 12.1. The molecule has 5 nitrogen and oxygen atoms in total. The molecule has 0 aliphatic carbocycles. The van der Waals surface area contributed by atoms with Crippen molar-refractivity contribution in [1.82, 2.24) is 5.32 Å². The van der Waals surface area contributed by atoms with Gasteiger partial charge in [0.05, 0.1) is 12.6 Å². The maximum atomic E-state index is 12.1. The maximum Gasteiger partial charge on any atom is 0.407 e. The first-order valence-electron chi connectivity index (χ1n) is 9.24. The molecule has 0 heterocycles. The van der Waals surface area contributed by atoms with E-state index in [0.29, 0.717) is 13.0 Å². The van der Waals surface area contributed by atoms with Gasteiger partial charge in [-0.05, 0) is 38.8 Å². The smallest absolute Gasteiger partial charge is 0.407 e. The zero-order valence-corrected chi connectivity index (χ0v) is 18.1. The molecule has 0 bridgehead atoms. The average Bonchev–Trinajstić information content (AvgIpc) is 2.48. The van der Waals surface area contributed by atoms with E-state index in [0.717, 1.165) is 18.2 Å². The van der Waals surface area contributed by atoms with E-state index in [9.17, 15) is 4.79 Å². The number of benzene rings is 1. The second-order valence-corrected chi connectivity index (χ2v) is 14.4. The normalized spacial score (nSPS) is 13.3. The van der Waals surface area contributed by atoms with E-state index >= 15 is 0 Å². The van der Waals surface area contributed by atoms with Gasteiger partial charge in [0.25, 0.3) is 0 Å². The third-order valence-electron chi connectivity index (χ3n) is 3.53. The van der Waals surface area contributed by atoms with Crippen molar-refractivity contribution in [2.75, 3.05) is 20.0 Å². The molecule has 0 saturated heterocycles. The second kappa shape index (κ2) is 10.7. The summed E-state index contributed by atoms with van der Waals surface area (Å²) in [5, 5.41) is 2.90. The number of ether oxygens (including phenoxy) is 3. The van der Waals surface area contributed by atoms with Crippen molar-refractivity contribution >= 4 is 14.2 Å². The number of rotatable bonds is 10. The predicted molar refractivity (Wildman–Crippen MR) is 108 cm³/mol. The Hall–Kier alpha value is -1.37. The lowest BCUT2D eigenvalue weighted by Crippen LogP contribution is -2.42. The van der Waals surface area contributed by atoms with E-state index < -0.39 is 19.8 Å². The lowest BCUT2D eigenvalue weighted by molar-refractivity contribution is -0.0562. The van der Waals surface area contributed by atoms with Crippen molar-refractivity contribution in [2.45, 2.75) is 64.5 Å². The Bertz CT molecular complexity index is 523. The van der Waals surface area contributed by atoms with Gasteiger partial charge in [-0.25, -0.2) is 4.79 Å². The Morgan fingerprint density at radius 1 is 1.12 bits per heavy atom. The molecule has 148 valence electrons. The largest absolute Gasteiger partial charge is 0.444 e. The van der Waals surface area contributed by atoms with Crippen LogP contribution < -0.4 is 5.32 Å². The highest BCUT2D eigenvalue weighted by atomic mass is 28.3. The molecule has 0 aromatic heterocycles. The Morgan fingerprint density at radius 2 is 1.77 bits per heavy atom. The fourth-order valence-corrected chi connectivity index (χ4v) is 2.97. The van der Waals surface area contributed by atoms with Crippen LogP contribution in [0.3, 0.4) is 0 Å². The molecule has 0 spiro atoms. The standard InChI is InChI=1S/C20H35NO4Si/c1-20(2,3)25-19(22)21-18(14-17-10-8-7-9-11-17)15-24-16-23-12-13-26(4,5)6/h7-11,18H,12-16H2,1-6H3,(H,21,22)/t18-/m0/s1. The van der Waals surface area contributed by atoms with Gasteiger partial charge in [-0.3, -0.25) is 0 Å². The molecule has 1 rings (SSSR count). The SMILES string of the molecule is CC(C)(C)OC(=O)N[C@H](COCOCC[Si](C)(C)C)Cc1ccccc1. The number of carbonyl (C=O) groups is 1. The molecule has 1 aromatic carbocycles. The van der Waals surface area contributed by atoms with Crippen LogP contribution in [-0.4, -0.2) is 45.8 Å². The quantitative estimate of drug-likeness (QED) is 0.369. The van der Waals surface area contributed by atoms with Crippen molar-refractivity contribution in [3.05, 3.63) is 35.9 Å². The van der Waals surface area contributed by atoms with Crippen molar-refractivity contribution in [3.8, 4) is 0 Å². The van der Waals surface area contributed by atoms with Crippen LogP contribution in [0.25, 0.3) is 0 Å². The topological polar surface area (TPSA) is 56.8 Å². The Labute approximate surface area is 159 Å². The van der Waals surface area contributed by atoms with Crippen molar-refractivity contribution in [1.29, 1.82) is 0 Å². The maximum absolute atomic E-state index is 12.1. The average molecular weight is 382 g/mol. The van der Waals surface area contributed by atoms with Gasteiger partial charge in [0.15, 0.2) is 0 Å². The number of hydrogen-bond acceptors (Lipinski definition) is 4. The molecular formula is C20H35NO4Si. The molecule has 0 unspecified atom stereocenters. The summed E-state index contributed by atoms with van der Waals surface area (Å²) in [6.07, 6.45) is 0.247. The first-order valence-corrected chi connectivity index (χ1v) is 12.9. The van der Waals surface area contributed by atoms with Crippen LogP contribution in [0, 0.1) is 0 Å². The summed E-state index contributed by atoms with van der Waals surface area (Å²) in [5.74, 6) is 0. The highest BCUT2D eigenvalue weighted by Gasteiger charge is 2.20. The van der Waals surface area contributed by atoms with Crippen LogP contribution in [0.2, 0.25) is 25.7 Å². The third-order valence-corrected chi connectivity index (χ3v) is 5.23. The monoisotopic (exact) mass is 381 g/mol. The van der Waals surface area contributed by atoms with E-state index in [1.54, 1.807) is 0 Å². The molecule has 0 fully saturated rings. The molecule has 26 heavy (non-hydrogen) atoms. The molecule has 1 N–H and O–H groups in total. The van der Waals surface area contributed by atoms with Gasteiger partial charge in [0.2, 0.25) is 0 Å². The first kappa shape index (κ1) is 22.7. The summed E-state index contributed by atoms with van der Waals surface area (Å²) in [6, 6.07) is 11.0. The minimum Gasteiger partial charge on any atom is -0.444 e. The van der Waals surface area contributed by atoms with Gasteiger partial charge < -0.3 is 19.5 Å². The van der Waals surface area contributed by atoms with Gasteiger partial charge in [-0.1, -0.05) is 50.0 Å². The Morgan fingerprint density at radius 3 is 2.35 bits per heavy atom. The summed E-state index contributed by atoms with van der Waals surface area (Å²) in [5.41, 5.74) is 0.610.